The molecule has 0 aliphatic carbocycles. The number of pyridine rings is 1. The molecule has 0 spiro atoms. The fourth-order valence-electron chi connectivity index (χ4n) is 2.35. The number of fused-ring (bicyclic) bond motifs is 1. The zero-order valence-corrected chi connectivity index (χ0v) is 11.2. The maximum absolute atomic E-state index is 12.4. The van der Waals surface area contributed by atoms with Gasteiger partial charge in [-0.2, -0.15) is 0 Å². The van der Waals surface area contributed by atoms with E-state index in [2.05, 4.69) is 4.98 Å². The van der Waals surface area contributed by atoms with Crippen molar-refractivity contribution in [1.29, 1.82) is 0 Å². The highest BCUT2D eigenvalue weighted by Gasteiger charge is 2.24. The third-order valence-electron chi connectivity index (χ3n) is 3.37. The van der Waals surface area contributed by atoms with Gasteiger partial charge < -0.3 is 9.64 Å². The topological polar surface area (TPSA) is 63.9 Å². The van der Waals surface area contributed by atoms with Crippen molar-refractivity contribution in [3.63, 3.8) is 0 Å². The quantitative estimate of drug-likeness (QED) is 0.761. The van der Waals surface area contributed by atoms with Crippen LogP contribution in [-0.2, 0) is 4.74 Å². The highest BCUT2D eigenvalue weighted by molar-refractivity contribution is 5.93. The smallest absolute Gasteiger partial charge is 0.270 e. The van der Waals surface area contributed by atoms with Gasteiger partial charge in [-0.05, 0) is 19.1 Å². The first-order valence-electron chi connectivity index (χ1n) is 6.54. The van der Waals surface area contributed by atoms with Crippen LogP contribution in [0.15, 0.2) is 35.4 Å². The summed E-state index contributed by atoms with van der Waals surface area (Å²) in [6, 6.07) is 5.26. The van der Waals surface area contributed by atoms with E-state index >= 15 is 0 Å². The van der Waals surface area contributed by atoms with Crippen molar-refractivity contribution in [1.82, 2.24) is 14.3 Å². The Kier molecular flexibility index (Phi) is 3.23. The van der Waals surface area contributed by atoms with Gasteiger partial charge in [0.1, 0.15) is 11.2 Å². The monoisotopic (exact) mass is 273 g/mol. The Labute approximate surface area is 115 Å². The lowest BCUT2D eigenvalue weighted by Gasteiger charge is -2.30. The van der Waals surface area contributed by atoms with E-state index in [0.29, 0.717) is 25.3 Å². The van der Waals surface area contributed by atoms with Crippen molar-refractivity contribution in [2.75, 3.05) is 19.7 Å². The molecule has 6 heteroatoms. The minimum atomic E-state index is -0.334. The van der Waals surface area contributed by atoms with Crippen molar-refractivity contribution in [2.24, 2.45) is 0 Å². The molecule has 1 atom stereocenters. The number of carbonyl (C=O) groups is 1. The third-order valence-corrected chi connectivity index (χ3v) is 3.37. The average molecular weight is 273 g/mol. The summed E-state index contributed by atoms with van der Waals surface area (Å²) in [7, 11) is 0. The van der Waals surface area contributed by atoms with E-state index in [0.717, 1.165) is 0 Å². The Hall–Kier alpha value is -2.21. The number of aromatic nitrogens is 2. The van der Waals surface area contributed by atoms with E-state index in [4.69, 9.17) is 4.74 Å². The summed E-state index contributed by atoms with van der Waals surface area (Å²) in [5.74, 6) is -0.282. The predicted molar refractivity (Wildman–Crippen MR) is 72.8 cm³/mol. The van der Waals surface area contributed by atoms with Gasteiger partial charge in [-0.25, -0.2) is 4.98 Å². The second-order valence-electron chi connectivity index (χ2n) is 4.84. The van der Waals surface area contributed by atoms with Gasteiger partial charge in [-0.1, -0.05) is 6.07 Å². The van der Waals surface area contributed by atoms with Gasteiger partial charge in [0.05, 0.1) is 12.7 Å². The molecular weight excluding hydrogens is 258 g/mol. The molecule has 1 fully saturated rings. The molecule has 0 N–H and O–H groups in total. The van der Waals surface area contributed by atoms with Gasteiger partial charge in [0, 0.05) is 25.5 Å². The normalized spacial score (nSPS) is 19.2. The number of hydrogen-bond donors (Lipinski definition) is 0. The number of nitrogens with zero attached hydrogens (tertiary/aromatic N) is 3. The number of morpholine rings is 1. The van der Waals surface area contributed by atoms with Crippen molar-refractivity contribution in [2.45, 2.75) is 13.0 Å². The van der Waals surface area contributed by atoms with E-state index < -0.39 is 0 Å². The van der Waals surface area contributed by atoms with Gasteiger partial charge in [0.15, 0.2) is 0 Å². The van der Waals surface area contributed by atoms with Crippen LogP contribution in [0.1, 0.15) is 17.3 Å². The van der Waals surface area contributed by atoms with Crippen LogP contribution >= 0.6 is 0 Å². The minimum absolute atomic E-state index is 0.0103. The molecule has 1 unspecified atom stereocenters. The zero-order chi connectivity index (χ0) is 14.1. The van der Waals surface area contributed by atoms with Crippen LogP contribution in [0.3, 0.4) is 0 Å². The fraction of sp³-hybridized carbons (Fsp3) is 0.357. The van der Waals surface area contributed by atoms with Crippen LogP contribution in [0.25, 0.3) is 5.65 Å². The number of hydrogen-bond acceptors (Lipinski definition) is 4. The summed E-state index contributed by atoms with van der Waals surface area (Å²) in [4.78, 5) is 30.6. The maximum atomic E-state index is 12.4. The standard InChI is InChI=1S/C14H15N3O3/c1-10-9-16(6-7-20-10)13(18)11-8-15-12-4-2-3-5-17(12)14(11)19/h2-5,8,10H,6-7,9H2,1H3. The van der Waals surface area contributed by atoms with E-state index in [9.17, 15) is 9.59 Å². The Bertz CT molecular complexity index is 710. The number of ether oxygens (including phenoxy) is 1. The minimum Gasteiger partial charge on any atom is -0.375 e. The van der Waals surface area contributed by atoms with E-state index in [1.165, 1.54) is 10.6 Å². The van der Waals surface area contributed by atoms with Crippen LogP contribution in [0.4, 0.5) is 0 Å². The predicted octanol–water partition coefficient (Wildman–Crippen LogP) is 0.555. The largest absolute Gasteiger partial charge is 0.375 e. The molecule has 1 aliphatic rings. The van der Waals surface area contributed by atoms with E-state index in [1.807, 2.05) is 6.92 Å². The summed E-state index contributed by atoms with van der Waals surface area (Å²) in [5.41, 5.74) is 0.298. The summed E-state index contributed by atoms with van der Waals surface area (Å²) >= 11 is 0. The molecule has 0 aromatic carbocycles. The van der Waals surface area contributed by atoms with Crippen molar-refractivity contribution in [3.05, 3.63) is 46.5 Å². The van der Waals surface area contributed by atoms with Crippen molar-refractivity contribution < 1.29 is 9.53 Å². The number of amides is 1. The molecule has 1 saturated heterocycles. The van der Waals surface area contributed by atoms with Crippen LogP contribution in [0.2, 0.25) is 0 Å². The second kappa shape index (κ2) is 5.05. The first-order valence-corrected chi connectivity index (χ1v) is 6.54. The summed E-state index contributed by atoms with van der Waals surface area (Å²) in [6.45, 7) is 3.40. The number of carbonyl (C=O) groups excluding carboxylic acids is 1. The van der Waals surface area contributed by atoms with Crippen LogP contribution < -0.4 is 5.56 Å². The van der Waals surface area contributed by atoms with Crippen molar-refractivity contribution in [3.8, 4) is 0 Å². The highest BCUT2D eigenvalue weighted by Crippen LogP contribution is 2.08. The zero-order valence-electron chi connectivity index (χ0n) is 11.2. The molecule has 104 valence electrons. The molecule has 0 radical (unpaired) electrons. The van der Waals surface area contributed by atoms with Gasteiger partial charge >= 0.3 is 0 Å². The van der Waals surface area contributed by atoms with Crippen LogP contribution in [0, 0.1) is 0 Å². The summed E-state index contributed by atoms with van der Waals surface area (Å²) in [5, 5.41) is 0. The summed E-state index contributed by atoms with van der Waals surface area (Å²) < 4.78 is 6.79. The molecule has 1 amide bonds. The fourth-order valence-corrected chi connectivity index (χ4v) is 2.35. The van der Waals surface area contributed by atoms with Crippen LogP contribution in [0.5, 0.6) is 0 Å². The molecule has 2 aromatic heterocycles. The first-order chi connectivity index (χ1) is 9.66. The number of rotatable bonds is 1. The highest BCUT2D eigenvalue weighted by atomic mass is 16.5. The van der Waals surface area contributed by atoms with Gasteiger partial charge in [-0.3, -0.25) is 14.0 Å². The van der Waals surface area contributed by atoms with Crippen molar-refractivity contribution >= 4 is 11.6 Å². The lowest BCUT2D eigenvalue weighted by atomic mass is 10.2. The Balaban J connectivity index is 1.99. The molecule has 2 aromatic rings. The first kappa shape index (κ1) is 12.8. The Morgan fingerprint density at radius 1 is 1.45 bits per heavy atom. The molecule has 3 rings (SSSR count). The Morgan fingerprint density at radius 2 is 2.30 bits per heavy atom. The van der Waals surface area contributed by atoms with E-state index in [1.54, 1.807) is 29.3 Å². The molecular formula is C14H15N3O3. The summed E-state index contributed by atoms with van der Waals surface area (Å²) in [6.07, 6.45) is 2.97. The third kappa shape index (κ3) is 2.18. The Morgan fingerprint density at radius 3 is 3.10 bits per heavy atom. The molecule has 20 heavy (non-hydrogen) atoms. The van der Waals surface area contributed by atoms with Gasteiger partial charge in [0.25, 0.3) is 11.5 Å². The second-order valence-corrected chi connectivity index (χ2v) is 4.84. The lowest BCUT2D eigenvalue weighted by molar-refractivity contribution is -0.0125. The molecule has 0 bridgehead atoms. The molecule has 6 nitrogen and oxygen atoms in total. The molecule has 1 aliphatic heterocycles. The van der Waals surface area contributed by atoms with Crippen LogP contribution in [-0.4, -0.2) is 46.0 Å². The lowest BCUT2D eigenvalue weighted by Crippen LogP contribution is -2.46. The molecule has 0 saturated carbocycles. The van der Waals surface area contributed by atoms with E-state index in [-0.39, 0.29) is 23.1 Å². The average Bonchev–Trinajstić information content (AvgIpc) is 2.47. The SMILES string of the molecule is CC1CN(C(=O)c2cnc3ccccn3c2=O)CCO1. The van der Waals surface area contributed by atoms with Gasteiger partial charge in [-0.15, -0.1) is 0 Å². The van der Waals surface area contributed by atoms with Gasteiger partial charge in [0.2, 0.25) is 0 Å². The maximum Gasteiger partial charge on any atom is 0.270 e. The molecule has 3 heterocycles.